The van der Waals surface area contributed by atoms with Crippen molar-refractivity contribution in [3.05, 3.63) is 17.7 Å². The van der Waals surface area contributed by atoms with Crippen LogP contribution in [0, 0.1) is 0 Å². The minimum atomic E-state index is -0.510. The summed E-state index contributed by atoms with van der Waals surface area (Å²) in [5.41, 5.74) is 6.00. The van der Waals surface area contributed by atoms with Gasteiger partial charge >= 0.3 is 0 Å². The lowest BCUT2D eigenvalue weighted by molar-refractivity contribution is 0.0991. The molecule has 0 radical (unpaired) electrons. The number of H-pyrrole nitrogens is 1. The fraction of sp³-hybridized carbons (Fsp3) is 0.500. The maximum Gasteiger partial charge on any atom is 0.284 e. The van der Waals surface area contributed by atoms with E-state index >= 15 is 0 Å². The molecule has 0 saturated carbocycles. The van der Waals surface area contributed by atoms with E-state index in [0.29, 0.717) is 5.92 Å². The van der Waals surface area contributed by atoms with Crippen molar-refractivity contribution in [2.24, 2.45) is 5.73 Å². The van der Waals surface area contributed by atoms with Crippen molar-refractivity contribution in [3.63, 3.8) is 0 Å². The summed E-state index contributed by atoms with van der Waals surface area (Å²) in [5.74, 6) is 0.125. The van der Waals surface area contributed by atoms with Gasteiger partial charge in [-0.1, -0.05) is 13.8 Å². The van der Waals surface area contributed by atoms with Gasteiger partial charge in [0.15, 0.2) is 5.82 Å². The fourth-order valence-corrected chi connectivity index (χ4v) is 0.931. The van der Waals surface area contributed by atoms with E-state index in [2.05, 4.69) is 23.8 Å². The summed E-state index contributed by atoms with van der Waals surface area (Å²) in [7, 11) is 0. The number of imidazole rings is 1. The van der Waals surface area contributed by atoms with Crippen molar-refractivity contribution in [1.29, 1.82) is 0 Å². The van der Waals surface area contributed by atoms with Crippen LogP contribution in [0.4, 0.5) is 0 Å². The van der Waals surface area contributed by atoms with Gasteiger partial charge < -0.3 is 10.7 Å². The molecule has 0 fully saturated rings. The molecule has 0 bridgehead atoms. The van der Waals surface area contributed by atoms with Crippen LogP contribution in [-0.4, -0.2) is 15.9 Å². The fourth-order valence-electron chi connectivity index (χ4n) is 0.931. The van der Waals surface area contributed by atoms with Gasteiger partial charge in [-0.3, -0.25) is 4.79 Å². The van der Waals surface area contributed by atoms with E-state index in [1.54, 1.807) is 6.20 Å². The van der Waals surface area contributed by atoms with Crippen LogP contribution in [0.1, 0.15) is 42.5 Å². The first kappa shape index (κ1) is 8.77. The average molecular weight is 167 g/mol. The predicted molar refractivity (Wildman–Crippen MR) is 45.8 cm³/mol. The number of nitrogens with one attached hydrogen (secondary N) is 1. The minimum absolute atomic E-state index is 0.241. The molecule has 66 valence electrons. The third-order valence-corrected chi connectivity index (χ3v) is 1.97. The molecule has 1 aromatic rings. The van der Waals surface area contributed by atoms with E-state index in [-0.39, 0.29) is 5.82 Å². The molecule has 1 unspecified atom stereocenters. The van der Waals surface area contributed by atoms with Crippen LogP contribution < -0.4 is 5.73 Å². The Morgan fingerprint density at radius 1 is 1.83 bits per heavy atom. The third-order valence-electron chi connectivity index (χ3n) is 1.97. The molecule has 0 spiro atoms. The highest BCUT2D eigenvalue weighted by Gasteiger charge is 2.09. The van der Waals surface area contributed by atoms with Crippen LogP contribution in [0.3, 0.4) is 0 Å². The largest absolute Gasteiger partial charge is 0.363 e. The first-order chi connectivity index (χ1) is 5.65. The summed E-state index contributed by atoms with van der Waals surface area (Å²) < 4.78 is 0. The van der Waals surface area contributed by atoms with Gasteiger partial charge in [-0.25, -0.2) is 4.98 Å². The maximum absolute atomic E-state index is 10.7. The van der Waals surface area contributed by atoms with Crippen molar-refractivity contribution < 1.29 is 4.79 Å². The van der Waals surface area contributed by atoms with E-state index < -0.39 is 5.91 Å². The van der Waals surface area contributed by atoms with E-state index in [1.807, 2.05) is 0 Å². The van der Waals surface area contributed by atoms with Gasteiger partial charge in [0.1, 0.15) is 0 Å². The monoisotopic (exact) mass is 167 g/mol. The van der Waals surface area contributed by atoms with Gasteiger partial charge in [0.25, 0.3) is 5.91 Å². The quantitative estimate of drug-likeness (QED) is 0.705. The molecule has 4 nitrogen and oxygen atoms in total. The Balaban J connectivity index is 2.84. The predicted octanol–water partition coefficient (Wildman–Crippen LogP) is 1.02. The lowest BCUT2D eigenvalue weighted by Crippen LogP contribution is -2.12. The first-order valence-electron chi connectivity index (χ1n) is 3.99. The molecule has 3 N–H and O–H groups in total. The molecule has 1 atom stereocenters. The zero-order valence-electron chi connectivity index (χ0n) is 7.29. The highest BCUT2D eigenvalue weighted by atomic mass is 16.1. The van der Waals surface area contributed by atoms with Crippen LogP contribution in [0.25, 0.3) is 0 Å². The summed E-state index contributed by atoms with van der Waals surface area (Å²) in [6.07, 6.45) is 2.68. The van der Waals surface area contributed by atoms with Crippen molar-refractivity contribution in [2.45, 2.75) is 26.2 Å². The summed E-state index contributed by atoms with van der Waals surface area (Å²) in [6, 6.07) is 0. The molecule has 1 heterocycles. The summed E-state index contributed by atoms with van der Waals surface area (Å²) in [6.45, 7) is 4.15. The molecule has 0 saturated heterocycles. The van der Waals surface area contributed by atoms with E-state index in [9.17, 15) is 4.79 Å². The number of carbonyl (C=O) groups is 1. The Morgan fingerprint density at radius 3 is 2.92 bits per heavy atom. The molecule has 0 aliphatic heterocycles. The Hall–Kier alpha value is -1.32. The van der Waals surface area contributed by atoms with Crippen LogP contribution in [0.5, 0.6) is 0 Å². The molecule has 0 aliphatic carbocycles. The normalized spacial score (nSPS) is 12.8. The Morgan fingerprint density at radius 2 is 2.50 bits per heavy atom. The highest BCUT2D eigenvalue weighted by Crippen LogP contribution is 2.15. The summed E-state index contributed by atoms with van der Waals surface area (Å²) >= 11 is 0. The van der Waals surface area contributed by atoms with E-state index in [1.165, 1.54) is 0 Å². The Kier molecular flexibility index (Phi) is 2.47. The van der Waals surface area contributed by atoms with Crippen molar-refractivity contribution >= 4 is 5.91 Å². The van der Waals surface area contributed by atoms with Gasteiger partial charge in [0, 0.05) is 11.9 Å². The maximum atomic E-state index is 10.7. The van der Waals surface area contributed by atoms with E-state index in [0.717, 1.165) is 12.1 Å². The van der Waals surface area contributed by atoms with Gasteiger partial charge in [-0.2, -0.15) is 0 Å². The molecule has 1 amide bonds. The Labute approximate surface area is 71.2 Å². The second-order valence-corrected chi connectivity index (χ2v) is 2.86. The standard InChI is InChI=1S/C8H13N3O/c1-3-5(2)6-4-10-8(11-6)7(9)12/h4-5H,3H2,1-2H3,(H2,9,12)(H,10,11). The number of carbonyl (C=O) groups excluding carboxylic acids is 1. The molecular formula is C8H13N3O. The molecule has 1 rings (SSSR count). The van der Waals surface area contributed by atoms with Gasteiger partial charge in [-0.15, -0.1) is 0 Å². The van der Waals surface area contributed by atoms with Gasteiger partial charge in [0.05, 0.1) is 0 Å². The van der Waals surface area contributed by atoms with Gasteiger partial charge in [0.2, 0.25) is 0 Å². The topological polar surface area (TPSA) is 71.8 Å². The van der Waals surface area contributed by atoms with Crippen molar-refractivity contribution in [1.82, 2.24) is 9.97 Å². The second kappa shape index (κ2) is 3.38. The molecule has 1 aromatic heterocycles. The summed E-state index contributed by atoms with van der Waals surface area (Å²) in [4.78, 5) is 17.4. The number of aromatic nitrogens is 2. The molecular weight excluding hydrogens is 154 g/mol. The van der Waals surface area contributed by atoms with E-state index in [4.69, 9.17) is 5.73 Å². The lowest BCUT2D eigenvalue weighted by atomic mass is 10.1. The summed E-state index contributed by atoms with van der Waals surface area (Å²) in [5, 5.41) is 0. The number of hydrogen-bond donors (Lipinski definition) is 2. The smallest absolute Gasteiger partial charge is 0.284 e. The van der Waals surface area contributed by atoms with Crippen molar-refractivity contribution in [3.8, 4) is 0 Å². The molecule has 12 heavy (non-hydrogen) atoms. The SMILES string of the molecule is CCC(C)c1cnc(C(N)=O)[nH]1. The number of rotatable bonds is 3. The number of primary amides is 1. The van der Waals surface area contributed by atoms with Crippen LogP contribution >= 0.6 is 0 Å². The number of nitrogens with zero attached hydrogens (tertiary/aromatic N) is 1. The number of nitrogens with two attached hydrogens (primary N) is 1. The van der Waals surface area contributed by atoms with Gasteiger partial charge in [-0.05, 0) is 12.3 Å². The third kappa shape index (κ3) is 1.64. The highest BCUT2D eigenvalue weighted by molar-refractivity contribution is 5.88. The average Bonchev–Trinajstić information content (AvgIpc) is 2.51. The zero-order chi connectivity index (χ0) is 9.14. The van der Waals surface area contributed by atoms with Crippen molar-refractivity contribution in [2.75, 3.05) is 0 Å². The Bertz CT molecular complexity index is 280. The van der Waals surface area contributed by atoms with Crippen LogP contribution in [0.15, 0.2) is 6.20 Å². The molecule has 4 heteroatoms. The first-order valence-corrected chi connectivity index (χ1v) is 3.99. The minimum Gasteiger partial charge on any atom is -0.363 e. The molecule has 0 aromatic carbocycles. The second-order valence-electron chi connectivity index (χ2n) is 2.86. The number of amides is 1. The number of aromatic amines is 1. The lowest BCUT2D eigenvalue weighted by Gasteiger charge is -2.02. The molecule has 0 aliphatic rings. The van der Waals surface area contributed by atoms with Crippen LogP contribution in [0.2, 0.25) is 0 Å². The zero-order valence-corrected chi connectivity index (χ0v) is 7.29. The number of hydrogen-bond acceptors (Lipinski definition) is 2. The van der Waals surface area contributed by atoms with Crippen LogP contribution in [-0.2, 0) is 0 Å².